The minimum Gasteiger partial charge on any atom is -0.352 e. The van der Waals surface area contributed by atoms with E-state index < -0.39 is 4.92 Å². The lowest BCUT2D eigenvalue weighted by Gasteiger charge is -2.27. The van der Waals surface area contributed by atoms with E-state index in [-0.39, 0.29) is 22.2 Å². The predicted molar refractivity (Wildman–Crippen MR) is 84.4 cm³/mol. The molecular weight excluding hydrogens is 308 g/mol. The van der Waals surface area contributed by atoms with Crippen LogP contribution in [0.15, 0.2) is 18.2 Å². The summed E-state index contributed by atoms with van der Waals surface area (Å²) in [6, 6.07) is 3.89. The van der Waals surface area contributed by atoms with E-state index in [0.717, 1.165) is 39.1 Å². The molecule has 8 heteroatoms. The van der Waals surface area contributed by atoms with Gasteiger partial charge in [-0.05, 0) is 19.0 Å². The van der Waals surface area contributed by atoms with Crippen LogP contribution in [0.5, 0.6) is 0 Å². The topological polar surface area (TPSA) is 87.5 Å². The van der Waals surface area contributed by atoms with Gasteiger partial charge in [0.05, 0.1) is 4.92 Å². The van der Waals surface area contributed by atoms with Crippen LogP contribution in [0.4, 0.5) is 5.69 Å². The Labute approximate surface area is 133 Å². The zero-order valence-electron chi connectivity index (χ0n) is 12.2. The maximum absolute atomic E-state index is 12.0. The van der Waals surface area contributed by atoms with E-state index in [1.165, 1.54) is 18.2 Å². The van der Waals surface area contributed by atoms with Crippen molar-refractivity contribution >= 4 is 23.2 Å². The first-order chi connectivity index (χ1) is 10.6. The largest absolute Gasteiger partial charge is 0.352 e. The van der Waals surface area contributed by atoms with Crippen molar-refractivity contribution in [2.45, 2.75) is 6.42 Å². The molecule has 7 nitrogen and oxygen atoms in total. The molecule has 0 aromatic heterocycles. The van der Waals surface area contributed by atoms with E-state index in [0.29, 0.717) is 6.54 Å². The fourth-order valence-corrected chi connectivity index (χ4v) is 2.58. The van der Waals surface area contributed by atoms with Crippen molar-refractivity contribution in [2.75, 3.05) is 39.3 Å². The van der Waals surface area contributed by atoms with Gasteiger partial charge in [-0.3, -0.25) is 14.9 Å². The van der Waals surface area contributed by atoms with Crippen LogP contribution in [0.3, 0.4) is 0 Å². The van der Waals surface area contributed by atoms with Crippen molar-refractivity contribution in [1.82, 2.24) is 15.5 Å². The number of nitrogens with one attached hydrogen (secondary N) is 2. The number of nitro benzene ring substituents is 1. The smallest absolute Gasteiger partial charge is 0.271 e. The molecule has 1 aliphatic rings. The lowest BCUT2D eigenvalue weighted by molar-refractivity contribution is -0.384. The number of benzene rings is 1. The Morgan fingerprint density at radius 2 is 2.09 bits per heavy atom. The number of amides is 1. The molecule has 0 unspecified atom stereocenters. The van der Waals surface area contributed by atoms with E-state index in [1.807, 2.05) is 0 Å². The van der Waals surface area contributed by atoms with Crippen LogP contribution in [-0.4, -0.2) is 55.0 Å². The van der Waals surface area contributed by atoms with Gasteiger partial charge in [0, 0.05) is 55.4 Å². The van der Waals surface area contributed by atoms with Gasteiger partial charge in [-0.1, -0.05) is 11.6 Å². The fourth-order valence-electron chi connectivity index (χ4n) is 2.35. The molecule has 0 aliphatic carbocycles. The Hall–Kier alpha value is -1.70. The number of rotatable bonds is 6. The van der Waals surface area contributed by atoms with E-state index in [1.54, 1.807) is 0 Å². The van der Waals surface area contributed by atoms with E-state index >= 15 is 0 Å². The number of halogens is 1. The first kappa shape index (κ1) is 16.7. The summed E-state index contributed by atoms with van der Waals surface area (Å²) in [4.78, 5) is 24.6. The number of non-ortho nitro benzene ring substituents is 1. The standard InChI is InChI=1S/C14H19ClN4O3/c15-12-8-11(9-13(10-12)19(21)22)14(20)17-2-1-5-18-6-3-16-4-7-18/h8-10,16H,1-7H2,(H,17,20). The van der Waals surface area contributed by atoms with Crippen molar-refractivity contribution in [3.8, 4) is 0 Å². The Balaban J connectivity index is 1.80. The van der Waals surface area contributed by atoms with Crippen LogP contribution < -0.4 is 10.6 Å². The molecule has 1 fully saturated rings. The van der Waals surface area contributed by atoms with Gasteiger partial charge in [0.1, 0.15) is 0 Å². The van der Waals surface area contributed by atoms with Gasteiger partial charge < -0.3 is 15.5 Å². The molecule has 1 aromatic rings. The van der Waals surface area contributed by atoms with Crippen molar-refractivity contribution in [1.29, 1.82) is 0 Å². The third-order valence-electron chi connectivity index (χ3n) is 3.50. The zero-order chi connectivity index (χ0) is 15.9. The molecular formula is C14H19ClN4O3. The van der Waals surface area contributed by atoms with Gasteiger partial charge in [-0.2, -0.15) is 0 Å². The van der Waals surface area contributed by atoms with Gasteiger partial charge in [0.25, 0.3) is 11.6 Å². The van der Waals surface area contributed by atoms with Crippen LogP contribution >= 0.6 is 11.6 Å². The molecule has 1 heterocycles. The summed E-state index contributed by atoms with van der Waals surface area (Å²) in [6.07, 6.45) is 0.842. The van der Waals surface area contributed by atoms with Gasteiger partial charge in [0.15, 0.2) is 0 Å². The van der Waals surface area contributed by atoms with Crippen molar-refractivity contribution in [3.05, 3.63) is 38.9 Å². The first-order valence-electron chi connectivity index (χ1n) is 7.22. The maximum atomic E-state index is 12.0. The Kier molecular flexibility index (Phi) is 6.11. The number of hydrogen-bond donors (Lipinski definition) is 2. The lowest BCUT2D eigenvalue weighted by Crippen LogP contribution is -2.44. The first-order valence-corrected chi connectivity index (χ1v) is 7.60. The molecule has 120 valence electrons. The highest BCUT2D eigenvalue weighted by atomic mass is 35.5. The van der Waals surface area contributed by atoms with Crippen molar-refractivity contribution < 1.29 is 9.72 Å². The Bertz CT molecular complexity index is 547. The summed E-state index contributed by atoms with van der Waals surface area (Å²) in [6.45, 7) is 5.50. The summed E-state index contributed by atoms with van der Waals surface area (Å²) in [5, 5.41) is 17.0. The van der Waals surface area contributed by atoms with Gasteiger partial charge in [-0.15, -0.1) is 0 Å². The quantitative estimate of drug-likeness (QED) is 0.467. The number of hydrogen-bond acceptors (Lipinski definition) is 5. The lowest BCUT2D eigenvalue weighted by atomic mass is 10.2. The molecule has 1 saturated heterocycles. The predicted octanol–water partition coefficient (Wildman–Crippen LogP) is 1.27. The van der Waals surface area contributed by atoms with Gasteiger partial charge in [-0.25, -0.2) is 0 Å². The fraction of sp³-hybridized carbons (Fsp3) is 0.500. The van der Waals surface area contributed by atoms with Gasteiger partial charge >= 0.3 is 0 Å². The highest BCUT2D eigenvalue weighted by Gasteiger charge is 2.14. The monoisotopic (exact) mass is 326 g/mol. The number of piperazine rings is 1. The molecule has 0 spiro atoms. The van der Waals surface area contributed by atoms with Crippen molar-refractivity contribution in [3.63, 3.8) is 0 Å². The maximum Gasteiger partial charge on any atom is 0.271 e. The van der Waals surface area contributed by atoms with E-state index in [2.05, 4.69) is 15.5 Å². The number of carbonyl (C=O) groups excluding carboxylic acids is 1. The molecule has 0 atom stereocenters. The molecule has 2 rings (SSSR count). The van der Waals surface area contributed by atoms with Crippen LogP contribution in [0.1, 0.15) is 16.8 Å². The summed E-state index contributed by atoms with van der Waals surface area (Å²) >= 11 is 5.80. The van der Waals surface area contributed by atoms with Gasteiger partial charge in [0.2, 0.25) is 0 Å². The molecule has 0 radical (unpaired) electrons. The number of carbonyl (C=O) groups is 1. The molecule has 2 N–H and O–H groups in total. The SMILES string of the molecule is O=C(NCCCN1CCNCC1)c1cc(Cl)cc([N+](=O)[O-])c1. The second-order valence-corrected chi connectivity index (χ2v) is 5.59. The summed E-state index contributed by atoms with van der Waals surface area (Å²) in [7, 11) is 0. The van der Waals surface area contributed by atoms with Crippen LogP contribution in [0.2, 0.25) is 5.02 Å². The number of nitrogens with zero attached hydrogens (tertiary/aromatic N) is 2. The van der Waals surface area contributed by atoms with Crippen molar-refractivity contribution in [2.24, 2.45) is 0 Å². The molecule has 1 aliphatic heterocycles. The Morgan fingerprint density at radius 1 is 1.36 bits per heavy atom. The van der Waals surface area contributed by atoms with Crippen LogP contribution in [0.25, 0.3) is 0 Å². The minimum absolute atomic E-state index is 0.181. The second-order valence-electron chi connectivity index (χ2n) is 5.16. The van der Waals surface area contributed by atoms with Crippen LogP contribution in [0, 0.1) is 10.1 Å². The average Bonchev–Trinajstić information content (AvgIpc) is 2.51. The van der Waals surface area contributed by atoms with E-state index in [4.69, 9.17) is 11.6 Å². The molecule has 0 saturated carbocycles. The molecule has 1 aromatic carbocycles. The normalized spacial score (nSPS) is 15.5. The highest BCUT2D eigenvalue weighted by molar-refractivity contribution is 6.31. The summed E-state index contributed by atoms with van der Waals surface area (Å²) < 4.78 is 0. The highest BCUT2D eigenvalue weighted by Crippen LogP contribution is 2.20. The van der Waals surface area contributed by atoms with Crippen LogP contribution in [-0.2, 0) is 0 Å². The number of nitro groups is 1. The average molecular weight is 327 g/mol. The second kappa shape index (κ2) is 8.07. The third kappa shape index (κ3) is 4.94. The molecule has 0 bridgehead atoms. The minimum atomic E-state index is -0.562. The molecule has 22 heavy (non-hydrogen) atoms. The summed E-state index contributed by atoms with van der Waals surface area (Å²) in [5.74, 6) is -0.342. The third-order valence-corrected chi connectivity index (χ3v) is 3.72. The van der Waals surface area contributed by atoms with E-state index in [9.17, 15) is 14.9 Å². The Morgan fingerprint density at radius 3 is 2.77 bits per heavy atom. The zero-order valence-corrected chi connectivity index (χ0v) is 12.9. The molecule has 1 amide bonds. The summed E-state index contributed by atoms with van der Waals surface area (Å²) in [5.41, 5.74) is 0.0276.